The number of nitrogens with zero attached hydrogens (tertiary/aromatic N) is 2. The van der Waals surface area contributed by atoms with E-state index in [-0.39, 0.29) is 22.6 Å². The van der Waals surface area contributed by atoms with E-state index in [9.17, 15) is 9.59 Å². The standard InChI is InChI=1S/C38H32N2O2/c1-37(2,3)21-15-17-25-23-11-7-9-13-27(23)33-31-32(35(41)39(33)29(25)19-21)34-28-14-10-8-12-24(28)26-18-16-22(38(4,5)6)20-30(26)40(34)36(31)42/h7-20H,1-6H3. The minimum atomic E-state index is -0.141. The Hall–Kier alpha value is -4.70. The van der Waals surface area contributed by atoms with E-state index in [1.165, 1.54) is 0 Å². The normalized spacial score (nSPS) is 16.6. The molecule has 42 heavy (non-hydrogen) atoms. The Morgan fingerprint density at radius 2 is 0.810 bits per heavy atom. The lowest BCUT2D eigenvalue weighted by atomic mass is 9.83. The molecule has 0 unspecified atom stereocenters. The zero-order valence-corrected chi connectivity index (χ0v) is 24.8. The van der Waals surface area contributed by atoms with Gasteiger partial charge in [0.15, 0.2) is 0 Å². The Morgan fingerprint density at radius 1 is 0.452 bits per heavy atom. The smallest absolute Gasteiger partial charge is 0.265 e. The van der Waals surface area contributed by atoms with Gasteiger partial charge in [-0.25, -0.2) is 0 Å². The average molecular weight is 549 g/mol. The highest BCUT2D eigenvalue weighted by Crippen LogP contribution is 2.58. The molecular weight excluding hydrogens is 516 g/mol. The van der Waals surface area contributed by atoms with Crippen molar-refractivity contribution < 1.29 is 9.59 Å². The third-order valence-electron chi connectivity index (χ3n) is 9.16. The molecule has 0 saturated heterocycles. The molecule has 0 aliphatic carbocycles. The van der Waals surface area contributed by atoms with Crippen molar-refractivity contribution in [3.8, 4) is 22.3 Å². The van der Waals surface area contributed by atoms with Crippen molar-refractivity contribution in [2.45, 2.75) is 52.4 Å². The molecule has 4 aliphatic heterocycles. The first-order chi connectivity index (χ1) is 20.0. The highest BCUT2D eigenvalue weighted by molar-refractivity contribution is 6.43. The van der Waals surface area contributed by atoms with Gasteiger partial charge in [0.25, 0.3) is 11.8 Å². The van der Waals surface area contributed by atoms with E-state index in [2.05, 4.69) is 90.1 Å². The molecule has 0 radical (unpaired) electrons. The number of fused-ring (bicyclic) bond motifs is 13. The summed E-state index contributed by atoms with van der Waals surface area (Å²) in [5.41, 5.74) is 12.1. The number of hydrogen-bond acceptors (Lipinski definition) is 2. The number of carbonyl (C=O) groups is 2. The van der Waals surface area contributed by atoms with E-state index in [4.69, 9.17) is 0 Å². The molecule has 2 amide bonds. The molecule has 0 spiro atoms. The van der Waals surface area contributed by atoms with Crippen LogP contribution < -0.4 is 9.80 Å². The highest BCUT2D eigenvalue weighted by Gasteiger charge is 2.53. The van der Waals surface area contributed by atoms with Crippen molar-refractivity contribution in [2.24, 2.45) is 0 Å². The van der Waals surface area contributed by atoms with Crippen LogP contribution in [0.4, 0.5) is 11.4 Å². The minimum absolute atomic E-state index is 0.0940. The highest BCUT2D eigenvalue weighted by atomic mass is 16.2. The fourth-order valence-corrected chi connectivity index (χ4v) is 6.94. The third-order valence-corrected chi connectivity index (χ3v) is 9.16. The Kier molecular flexibility index (Phi) is 4.76. The first kappa shape index (κ1) is 25.0. The van der Waals surface area contributed by atoms with Gasteiger partial charge in [-0.05, 0) is 45.2 Å². The summed E-state index contributed by atoms with van der Waals surface area (Å²) in [5, 5.41) is 0. The lowest BCUT2D eigenvalue weighted by Crippen LogP contribution is -2.33. The van der Waals surface area contributed by atoms with E-state index in [0.717, 1.165) is 55.9 Å². The molecule has 0 aromatic heterocycles. The zero-order valence-electron chi connectivity index (χ0n) is 24.8. The van der Waals surface area contributed by atoms with Gasteiger partial charge in [-0.1, -0.05) is 114 Å². The maximum absolute atomic E-state index is 14.8. The molecule has 4 aromatic rings. The number of rotatable bonds is 0. The molecule has 4 aromatic carbocycles. The van der Waals surface area contributed by atoms with Crippen LogP contribution in [0.15, 0.2) is 96.1 Å². The van der Waals surface area contributed by atoms with Gasteiger partial charge in [0, 0.05) is 22.3 Å². The number of anilines is 2. The molecule has 206 valence electrons. The second kappa shape index (κ2) is 7.98. The van der Waals surface area contributed by atoms with Crippen LogP contribution in [0.2, 0.25) is 0 Å². The van der Waals surface area contributed by atoms with Gasteiger partial charge in [0.2, 0.25) is 0 Å². The number of amides is 2. The average Bonchev–Trinajstić information content (AvgIpc) is 3.44. The Balaban J connectivity index is 1.45. The van der Waals surface area contributed by atoms with Crippen molar-refractivity contribution >= 4 is 34.6 Å². The van der Waals surface area contributed by atoms with Gasteiger partial charge in [-0.3, -0.25) is 19.4 Å². The van der Waals surface area contributed by atoms with Gasteiger partial charge in [-0.15, -0.1) is 0 Å². The second-order valence-electron chi connectivity index (χ2n) is 13.8. The molecular formula is C38H32N2O2. The predicted octanol–water partition coefficient (Wildman–Crippen LogP) is 8.46. The van der Waals surface area contributed by atoms with Gasteiger partial charge in [-0.2, -0.15) is 0 Å². The summed E-state index contributed by atoms with van der Waals surface area (Å²) in [5.74, 6) is -0.282. The van der Waals surface area contributed by atoms with Gasteiger partial charge in [0.1, 0.15) is 0 Å². The van der Waals surface area contributed by atoms with Crippen LogP contribution in [0.1, 0.15) is 63.8 Å². The molecule has 4 aliphatic rings. The summed E-state index contributed by atoms with van der Waals surface area (Å²) in [6.07, 6.45) is 0. The monoisotopic (exact) mass is 548 g/mol. The van der Waals surface area contributed by atoms with Crippen LogP contribution in [-0.4, -0.2) is 11.8 Å². The van der Waals surface area contributed by atoms with Crippen LogP contribution in [-0.2, 0) is 20.4 Å². The van der Waals surface area contributed by atoms with Gasteiger partial charge < -0.3 is 0 Å². The molecule has 0 N–H and O–H groups in total. The lowest BCUT2D eigenvalue weighted by Gasteiger charge is -2.35. The SMILES string of the molecule is CC(C)(C)c1ccc2c(c1)N1C(=O)C3=C4c5ccccc5-c5ccc(C(C)(C)C)cc5N4C(=O)C3=C1c1ccccc1-2. The van der Waals surface area contributed by atoms with Crippen LogP contribution in [0.5, 0.6) is 0 Å². The zero-order chi connectivity index (χ0) is 29.3. The molecule has 8 rings (SSSR count). The first-order valence-electron chi connectivity index (χ1n) is 14.6. The summed E-state index contributed by atoms with van der Waals surface area (Å²) in [7, 11) is 0. The summed E-state index contributed by atoms with van der Waals surface area (Å²) in [4.78, 5) is 33.1. The molecule has 0 bridgehead atoms. The van der Waals surface area contributed by atoms with E-state index in [1.807, 2.05) is 46.2 Å². The van der Waals surface area contributed by atoms with E-state index in [1.54, 1.807) is 0 Å². The van der Waals surface area contributed by atoms with E-state index >= 15 is 0 Å². The molecule has 4 nitrogen and oxygen atoms in total. The molecule has 4 heterocycles. The third kappa shape index (κ3) is 3.12. The van der Waals surface area contributed by atoms with E-state index in [0.29, 0.717) is 22.5 Å². The van der Waals surface area contributed by atoms with Crippen LogP contribution in [0.25, 0.3) is 33.6 Å². The summed E-state index contributed by atoms with van der Waals surface area (Å²) in [6, 6.07) is 29.1. The summed E-state index contributed by atoms with van der Waals surface area (Å²) < 4.78 is 0. The predicted molar refractivity (Wildman–Crippen MR) is 170 cm³/mol. The molecule has 0 saturated carbocycles. The largest absolute Gasteiger partial charge is 0.275 e. The van der Waals surface area contributed by atoms with Crippen molar-refractivity contribution in [1.29, 1.82) is 0 Å². The molecule has 4 heteroatoms. The molecule has 0 fully saturated rings. The molecule has 0 atom stereocenters. The fraction of sp³-hybridized carbons (Fsp3) is 0.211. The lowest BCUT2D eigenvalue weighted by molar-refractivity contribution is -0.115. The number of benzene rings is 4. The van der Waals surface area contributed by atoms with Crippen molar-refractivity contribution in [2.75, 3.05) is 9.80 Å². The Bertz CT molecular complexity index is 1850. The Morgan fingerprint density at radius 3 is 1.17 bits per heavy atom. The topological polar surface area (TPSA) is 40.6 Å². The van der Waals surface area contributed by atoms with Crippen LogP contribution in [0.3, 0.4) is 0 Å². The Labute approximate surface area is 246 Å². The summed E-state index contributed by atoms with van der Waals surface area (Å²) in [6.45, 7) is 13.1. The van der Waals surface area contributed by atoms with Crippen LogP contribution in [0, 0.1) is 0 Å². The van der Waals surface area contributed by atoms with Crippen molar-refractivity contribution in [1.82, 2.24) is 0 Å². The second-order valence-corrected chi connectivity index (χ2v) is 13.8. The van der Waals surface area contributed by atoms with E-state index < -0.39 is 0 Å². The first-order valence-corrected chi connectivity index (χ1v) is 14.6. The van der Waals surface area contributed by atoms with Crippen LogP contribution >= 0.6 is 0 Å². The van der Waals surface area contributed by atoms with Gasteiger partial charge in [0.05, 0.1) is 33.9 Å². The van der Waals surface area contributed by atoms with Crippen molar-refractivity contribution in [3.05, 3.63) is 118 Å². The van der Waals surface area contributed by atoms with Crippen molar-refractivity contribution in [3.63, 3.8) is 0 Å². The quantitative estimate of drug-likeness (QED) is 0.221. The summed E-state index contributed by atoms with van der Waals surface area (Å²) >= 11 is 0. The number of carbonyl (C=O) groups excluding carboxylic acids is 2. The minimum Gasteiger partial charge on any atom is -0.275 e. The number of hydrogen-bond donors (Lipinski definition) is 0. The fourth-order valence-electron chi connectivity index (χ4n) is 6.94. The van der Waals surface area contributed by atoms with Gasteiger partial charge >= 0.3 is 0 Å². The maximum atomic E-state index is 14.8. The maximum Gasteiger partial charge on any atom is 0.265 e.